The van der Waals surface area contributed by atoms with Crippen molar-refractivity contribution in [3.63, 3.8) is 0 Å². The van der Waals surface area contributed by atoms with Crippen LogP contribution in [0.5, 0.6) is 0 Å². The number of oxime groups is 1. The average Bonchev–Trinajstić information content (AvgIpc) is 3.31. The zero-order valence-corrected chi connectivity index (χ0v) is 17.4. The number of carbonyl (C=O) groups is 1. The van der Waals surface area contributed by atoms with E-state index in [1.165, 1.54) is 12.1 Å². The van der Waals surface area contributed by atoms with Gasteiger partial charge in [0.15, 0.2) is 27.3 Å². The second-order valence-electron chi connectivity index (χ2n) is 7.60. The smallest absolute Gasteiger partial charge is 0.255 e. The highest BCUT2D eigenvalue weighted by atomic mass is 35.5. The van der Waals surface area contributed by atoms with E-state index in [1.807, 2.05) is 0 Å². The fourth-order valence-corrected chi connectivity index (χ4v) is 7.30. The van der Waals surface area contributed by atoms with Crippen molar-refractivity contribution in [3.8, 4) is 0 Å². The lowest BCUT2D eigenvalue weighted by molar-refractivity contribution is 0.102. The molecular weight excluding hydrogens is 457 g/mol. The van der Waals surface area contributed by atoms with Gasteiger partial charge in [-0.05, 0) is 43.4 Å². The lowest BCUT2D eigenvalue weighted by atomic mass is 9.99. The van der Waals surface area contributed by atoms with E-state index in [9.17, 15) is 26.4 Å². The van der Waals surface area contributed by atoms with Crippen LogP contribution in [0.3, 0.4) is 0 Å². The van der Waals surface area contributed by atoms with Crippen LogP contribution >= 0.6 is 11.6 Å². The Balaban J connectivity index is 1.65. The van der Waals surface area contributed by atoms with Crippen LogP contribution in [0.25, 0.3) is 0 Å². The largest absolute Gasteiger partial charge is 0.411 e. The molecule has 0 saturated heterocycles. The number of carbonyl (C=O) groups excluding carboxylic acids is 1. The predicted octanol–water partition coefficient (Wildman–Crippen LogP) is 4.41. The topological polar surface area (TPSA) is 95.8 Å². The number of hydrogen-bond acceptors (Lipinski definition) is 5. The number of halogens is 4. The van der Waals surface area contributed by atoms with E-state index in [0.29, 0.717) is 37.1 Å². The molecule has 0 heterocycles. The van der Waals surface area contributed by atoms with E-state index >= 15 is 0 Å². The third-order valence-electron chi connectivity index (χ3n) is 5.84. The standard InChI is InChI=1S/C20H16ClF3N2O4S/c21-13-4-2-10(20(27)25-11-7-14(22)18(24)15(23)8-11)6-17(13)31(29,30)19-9-1-3-12(19)16(5-9)26-28/h2,4,6-9,12,19,28H,1,3,5H2,(H,25,27)/b26-16+/t9?,12?,19-/m1/s1. The van der Waals surface area contributed by atoms with E-state index in [0.717, 1.165) is 6.07 Å². The van der Waals surface area contributed by atoms with Crippen LogP contribution in [0, 0.1) is 29.3 Å². The maximum absolute atomic E-state index is 13.4. The molecule has 1 amide bonds. The number of hydrogen-bond donors (Lipinski definition) is 2. The molecule has 2 aliphatic rings. The highest BCUT2D eigenvalue weighted by Crippen LogP contribution is 2.49. The maximum Gasteiger partial charge on any atom is 0.255 e. The summed E-state index contributed by atoms with van der Waals surface area (Å²) >= 11 is 6.14. The summed E-state index contributed by atoms with van der Waals surface area (Å²) in [6.07, 6.45) is 1.63. The molecule has 2 N–H and O–H groups in total. The molecule has 2 fully saturated rings. The van der Waals surface area contributed by atoms with E-state index in [1.54, 1.807) is 0 Å². The van der Waals surface area contributed by atoms with Crippen LogP contribution in [0.15, 0.2) is 40.4 Å². The zero-order chi connectivity index (χ0) is 22.5. The van der Waals surface area contributed by atoms with Crippen molar-refractivity contribution >= 4 is 38.7 Å². The van der Waals surface area contributed by atoms with Gasteiger partial charge in [0.05, 0.1) is 20.9 Å². The molecule has 0 radical (unpaired) electrons. The zero-order valence-electron chi connectivity index (χ0n) is 15.8. The van der Waals surface area contributed by atoms with E-state index in [4.69, 9.17) is 16.8 Å². The third-order valence-corrected chi connectivity index (χ3v) is 8.66. The van der Waals surface area contributed by atoms with E-state index < -0.39 is 44.4 Å². The number of nitrogens with one attached hydrogen (secondary N) is 1. The first-order valence-corrected chi connectivity index (χ1v) is 11.3. The highest BCUT2D eigenvalue weighted by molar-refractivity contribution is 7.92. The molecule has 6 nitrogen and oxygen atoms in total. The lowest BCUT2D eigenvalue weighted by Crippen LogP contribution is -2.28. The second-order valence-corrected chi connectivity index (χ2v) is 10.1. The molecule has 2 aromatic carbocycles. The van der Waals surface area contributed by atoms with Gasteiger partial charge in [-0.1, -0.05) is 16.8 Å². The molecule has 3 atom stereocenters. The van der Waals surface area contributed by atoms with Crippen molar-refractivity contribution in [1.29, 1.82) is 0 Å². The number of anilines is 1. The molecule has 2 aliphatic carbocycles. The SMILES string of the molecule is O=C(Nc1cc(F)c(F)c(F)c1)c1ccc(Cl)c(S(=O)(=O)[C@@H]2C3CCC2/C(=N/O)C3)c1. The summed E-state index contributed by atoms with van der Waals surface area (Å²) in [5.41, 5.74) is -0.0110. The van der Waals surface area contributed by atoms with Gasteiger partial charge < -0.3 is 10.5 Å². The van der Waals surface area contributed by atoms with Gasteiger partial charge in [-0.3, -0.25) is 4.79 Å². The highest BCUT2D eigenvalue weighted by Gasteiger charge is 2.53. The van der Waals surface area contributed by atoms with Crippen molar-refractivity contribution in [2.24, 2.45) is 17.0 Å². The molecule has 164 valence electrons. The lowest BCUT2D eigenvalue weighted by Gasteiger charge is -2.18. The Morgan fingerprint density at radius 2 is 1.81 bits per heavy atom. The molecule has 2 unspecified atom stereocenters. The molecule has 2 aromatic rings. The number of rotatable bonds is 4. The number of nitrogens with zero attached hydrogens (tertiary/aromatic N) is 1. The normalized spacial score (nSPS) is 24.0. The minimum atomic E-state index is -3.97. The van der Waals surface area contributed by atoms with Crippen molar-refractivity contribution in [2.45, 2.75) is 29.4 Å². The van der Waals surface area contributed by atoms with Gasteiger partial charge in [-0.2, -0.15) is 0 Å². The predicted molar refractivity (Wildman–Crippen MR) is 107 cm³/mol. The summed E-state index contributed by atoms with van der Waals surface area (Å²) in [6, 6.07) is 4.81. The number of fused-ring (bicyclic) bond motifs is 2. The van der Waals surface area contributed by atoms with Gasteiger partial charge >= 0.3 is 0 Å². The molecule has 11 heteroatoms. The minimum Gasteiger partial charge on any atom is -0.411 e. The van der Waals surface area contributed by atoms with E-state index in [-0.39, 0.29) is 27.1 Å². The van der Waals surface area contributed by atoms with Crippen LogP contribution in [0.4, 0.5) is 18.9 Å². The monoisotopic (exact) mass is 472 g/mol. The average molecular weight is 473 g/mol. The number of sulfone groups is 1. The first-order valence-electron chi connectivity index (χ1n) is 9.33. The van der Waals surface area contributed by atoms with Crippen LogP contribution in [0.2, 0.25) is 5.02 Å². The molecule has 0 aromatic heterocycles. The first kappa shape index (κ1) is 21.6. The van der Waals surface area contributed by atoms with Gasteiger partial charge in [0.1, 0.15) is 0 Å². The van der Waals surface area contributed by atoms with Gasteiger partial charge in [0.2, 0.25) is 0 Å². The Bertz CT molecular complexity index is 1200. The fourth-order valence-electron chi connectivity index (χ4n) is 4.47. The summed E-state index contributed by atoms with van der Waals surface area (Å²) in [5.74, 6) is -6.11. The van der Waals surface area contributed by atoms with Crippen molar-refractivity contribution in [3.05, 3.63) is 58.4 Å². The summed E-state index contributed by atoms with van der Waals surface area (Å²) in [4.78, 5) is 12.3. The number of benzene rings is 2. The maximum atomic E-state index is 13.4. The minimum absolute atomic E-state index is 0.0794. The van der Waals surface area contributed by atoms with Gasteiger partial charge in [0, 0.05) is 29.3 Å². The molecule has 0 aliphatic heterocycles. The Hall–Kier alpha value is -2.59. The number of amides is 1. The molecular formula is C20H16ClF3N2O4S. The van der Waals surface area contributed by atoms with Crippen molar-refractivity contribution < 1.29 is 31.6 Å². The fraction of sp³-hybridized carbons (Fsp3) is 0.300. The van der Waals surface area contributed by atoms with Crippen LogP contribution in [-0.4, -0.2) is 30.5 Å². The summed E-state index contributed by atoms with van der Waals surface area (Å²) in [6.45, 7) is 0. The Morgan fingerprint density at radius 1 is 1.13 bits per heavy atom. The second kappa shape index (κ2) is 7.83. The first-order chi connectivity index (χ1) is 14.6. The van der Waals surface area contributed by atoms with Crippen LogP contribution in [0.1, 0.15) is 29.6 Å². The molecule has 2 saturated carbocycles. The molecule has 4 rings (SSSR count). The van der Waals surface area contributed by atoms with Crippen LogP contribution < -0.4 is 5.32 Å². The summed E-state index contributed by atoms with van der Waals surface area (Å²) < 4.78 is 66.6. The molecule has 0 spiro atoms. The Labute approximate surface area is 180 Å². The Morgan fingerprint density at radius 3 is 2.42 bits per heavy atom. The van der Waals surface area contributed by atoms with Crippen molar-refractivity contribution in [1.82, 2.24) is 0 Å². The van der Waals surface area contributed by atoms with Gasteiger partial charge in [-0.15, -0.1) is 0 Å². The van der Waals surface area contributed by atoms with E-state index in [2.05, 4.69) is 10.5 Å². The molecule has 2 bridgehead atoms. The summed E-state index contributed by atoms with van der Waals surface area (Å²) in [7, 11) is -3.97. The third kappa shape index (κ3) is 3.67. The van der Waals surface area contributed by atoms with Crippen LogP contribution in [-0.2, 0) is 9.84 Å². The Kier molecular flexibility index (Phi) is 5.47. The van der Waals surface area contributed by atoms with Gasteiger partial charge in [0.25, 0.3) is 5.91 Å². The quantitative estimate of drug-likeness (QED) is 0.391. The van der Waals surface area contributed by atoms with Crippen molar-refractivity contribution in [2.75, 3.05) is 5.32 Å². The van der Waals surface area contributed by atoms with Gasteiger partial charge in [-0.25, -0.2) is 21.6 Å². The molecule has 31 heavy (non-hydrogen) atoms. The summed E-state index contributed by atoms with van der Waals surface area (Å²) in [5, 5.41) is 13.7.